The Labute approximate surface area is 103 Å². The number of rotatable bonds is 8. The van der Waals surface area contributed by atoms with E-state index in [1.807, 2.05) is 0 Å². The lowest BCUT2D eigenvalue weighted by molar-refractivity contribution is -0.145. The lowest BCUT2D eigenvalue weighted by atomic mass is 9.96. The smallest absolute Gasteiger partial charge is 0.331 e. The summed E-state index contributed by atoms with van der Waals surface area (Å²) >= 11 is 0. The maximum atomic E-state index is 11.2. The van der Waals surface area contributed by atoms with Crippen molar-refractivity contribution in [1.29, 1.82) is 0 Å². The van der Waals surface area contributed by atoms with Crippen LogP contribution in [-0.4, -0.2) is 23.7 Å². The molecule has 0 fully saturated rings. The van der Waals surface area contributed by atoms with Gasteiger partial charge in [0.1, 0.15) is 0 Å². The molecule has 0 aromatic carbocycles. The van der Waals surface area contributed by atoms with Crippen molar-refractivity contribution in [2.45, 2.75) is 40.0 Å². The minimum atomic E-state index is -1.16. The number of esters is 1. The Balaban J connectivity index is 3.71. The first kappa shape index (κ1) is 15.7. The number of carbonyl (C=O) groups excluding carboxylic acids is 1. The predicted octanol–water partition coefficient (Wildman–Crippen LogP) is 2.63. The van der Waals surface area contributed by atoms with Gasteiger partial charge in [-0.1, -0.05) is 27.4 Å². The second-order valence-electron chi connectivity index (χ2n) is 4.83. The van der Waals surface area contributed by atoms with Gasteiger partial charge in [0.2, 0.25) is 0 Å². The topological polar surface area (TPSA) is 63.6 Å². The zero-order valence-corrected chi connectivity index (χ0v) is 10.9. The lowest BCUT2D eigenvalue weighted by Gasteiger charge is -2.13. The highest BCUT2D eigenvalue weighted by Crippen LogP contribution is 2.14. The molecule has 0 rings (SSSR count). The molecule has 0 saturated heterocycles. The van der Waals surface area contributed by atoms with Crippen LogP contribution in [0, 0.1) is 11.8 Å². The van der Waals surface area contributed by atoms with Crippen LogP contribution in [0.25, 0.3) is 0 Å². The van der Waals surface area contributed by atoms with E-state index in [9.17, 15) is 9.59 Å². The SMILES string of the molecule is C=C(CC(=O)OCCC(C)CC(C)C)C(=O)O. The largest absolute Gasteiger partial charge is 0.478 e. The van der Waals surface area contributed by atoms with Crippen LogP contribution in [-0.2, 0) is 14.3 Å². The van der Waals surface area contributed by atoms with Gasteiger partial charge in [0.25, 0.3) is 0 Å². The zero-order valence-electron chi connectivity index (χ0n) is 10.9. The first-order valence-electron chi connectivity index (χ1n) is 5.89. The number of hydrogen-bond acceptors (Lipinski definition) is 3. The van der Waals surface area contributed by atoms with E-state index in [0.717, 1.165) is 12.8 Å². The number of carboxylic acids is 1. The molecular weight excluding hydrogens is 220 g/mol. The Bertz CT molecular complexity index is 281. The van der Waals surface area contributed by atoms with E-state index in [1.165, 1.54) is 0 Å². The first-order valence-corrected chi connectivity index (χ1v) is 5.89. The molecule has 0 aliphatic heterocycles. The van der Waals surface area contributed by atoms with Gasteiger partial charge >= 0.3 is 11.9 Å². The molecule has 0 spiro atoms. The molecule has 17 heavy (non-hydrogen) atoms. The van der Waals surface area contributed by atoms with Crippen LogP contribution >= 0.6 is 0 Å². The van der Waals surface area contributed by atoms with E-state index in [-0.39, 0.29) is 12.0 Å². The molecule has 98 valence electrons. The fourth-order valence-electron chi connectivity index (χ4n) is 1.60. The van der Waals surface area contributed by atoms with Crippen LogP contribution in [0.15, 0.2) is 12.2 Å². The lowest BCUT2D eigenvalue weighted by Crippen LogP contribution is -2.12. The summed E-state index contributed by atoms with van der Waals surface area (Å²) in [5.74, 6) is -0.540. The molecule has 1 atom stereocenters. The molecule has 4 heteroatoms. The predicted molar refractivity (Wildman–Crippen MR) is 65.6 cm³/mol. The van der Waals surface area contributed by atoms with Gasteiger partial charge in [-0.05, 0) is 24.7 Å². The Morgan fingerprint density at radius 2 is 1.88 bits per heavy atom. The Morgan fingerprint density at radius 1 is 1.29 bits per heavy atom. The van der Waals surface area contributed by atoms with Crippen molar-refractivity contribution < 1.29 is 19.4 Å². The Hall–Kier alpha value is -1.32. The van der Waals surface area contributed by atoms with Gasteiger partial charge in [-0.15, -0.1) is 0 Å². The van der Waals surface area contributed by atoms with Crippen LogP contribution in [0.4, 0.5) is 0 Å². The summed E-state index contributed by atoms with van der Waals surface area (Å²) in [7, 11) is 0. The van der Waals surface area contributed by atoms with Gasteiger partial charge in [-0.25, -0.2) is 4.79 Å². The van der Waals surface area contributed by atoms with Gasteiger partial charge in [-0.3, -0.25) is 4.79 Å². The third-order valence-electron chi connectivity index (χ3n) is 2.41. The molecule has 0 aromatic rings. The third-order valence-corrected chi connectivity index (χ3v) is 2.41. The molecule has 0 aliphatic carbocycles. The summed E-state index contributed by atoms with van der Waals surface area (Å²) in [5, 5.41) is 8.54. The van der Waals surface area contributed by atoms with Crippen LogP contribution in [0.3, 0.4) is 0 Å². The molecule has 0 saturated carbocycles. The van der Waals surface area contributed by atoms with Gasteiger partial charge in [0.05, 0.1) is 13.0 Å². The van der Waals surface area contributed by atoms with E-state index in [4.69, 9.17) is 9.84 Å². The van der Waals surface area contributed by atoms with Crippen molar-refractivity contribution >= 4 is 11.9 Å². The van der Waals surface area contributed by atoms with E-state index in [0.29, 0.717) is 18.4 Å². The second-order valence-corrected chi connectivity index (χ2v) is 4.83. The fraction of sp³-hybridized carbons (Fsp3) is 0.692. The minimum Gasteiger partial charge on any atom is -0.478 e. The van der Waals surface area contributed by atoms with E-state index < -0.39 is 11.9 Å². The average molecular weight is 242 g/mol. The van der Waals surface area contributed by atoms with Gasteiger partial charge < -0.3 is 9.84 Å². The Kier molecular flexibility index (Phi) is 7.26. The summed E-state index contributed by atoms with van der Waals surface area (Å²) in [6.07, 6.45) is 1.66. The highest BCUT2D eigenvalue weighted by atomic mass is 16.5. The van der Waals surface area contributed by atoms with Crippen LogP contribution in [0.2, 0.25) is 0 Å². The molecule has 0 radical (unpaired) electrons. The number of ether oxygens (including phenoxy) is 1. The molecule has 0 heterocycles. The summed E-state index contributed by atoms with van der Waals surface area (Å²) < 4.78 is 4.95. The average Bonchev–Trinajstić information content (AvgIpc) is 2.15. The second kappa shape index (κ2) is 7.87. The van der Waals surface area contributed by atoms with Gasteiger partial charge in [-0.2, -0.15) is 0 Å². The van der Waals surface area contributed by atoms with Crippen molar-refractivity contribution in [2.24, 2.45) is 11.8 Å². The van der Waals surface area contributed by atoms with E-state index in [2.05, 4.69) is 27.4 Å². The van der Waals surface area contributed by atoms with Crippen LogP contribution in [0.1, 0.15) is 40.0 Å². The quantitative estimate of drug-likeness (QED) is 0.525. The maximum Gasteiger partial charge on any atom is 0.331 e. The van der Waals surface area contributed by atoms with Crippen molar-refractivity contribution in [3.8, 4) is 0 Å². The normalized spacial score (nSPS) is 12.2. The molecule has 1 N–H and O–H groups in total. The monoisotopic (exact) mass is 242 g/mol. The van der Waals surface area contributed by atoms with Crippen molar-refractivity contribution in [1.82, 2.24) is 0 Å². The zero-order chi connectivity index (χ0) is 13.4. The number of aliphatic carboxylic acids is 1. The van der Waals surface area contributed by atoms with Crippen molar-refractivity contribution in [3.05, 3.63) is 12.2 Å². The van der Waals surface area contributed by atoms with Gasteiger partial charge in [0.15, 0.2) is 0 Å². The third kappa shape index (κ3) is 8.48. The number of carbonyl (C=O) groups is 2. The number of carboxylic acid groups (broad SMARTS) is 1. The number of hydrogen-bond donors (Lipinski definition) is 1. The molecule has 1 unspecified atom stereocenters. The molecule has 0 amide bonds. The van der Waals surface area contributed by atoms with Crippen LogP contribution in [0.5, 0.6) is 0 Å². The van der Waals surface area contributed by atoms with E-state index >= 15 is 0 Å². The molecule has 0 bridgehead atoms. The standard InChI is InChI=1S/C13H22O4/c1-9(2)7-10(3)5-6-17-12(14)8-11(4)13(15)16/h9-10H,4-8H2,1-3H3,(H,15,16). The molecule has 0 aromatic heterocycles. The minimum absolute atomic E-state index is 0.134. The summed E-state index contributed by atoms with van der Waals surface area (Å²) in [4.78, 5) is 21.6. The van der Waals surface area contributed by atoms with Crippen molar-refractivity contribution in [2.75, 3.05) is 6.61 Å². The fourth-order valence-corrected chi connectivity index (χ4v) is 1.60. The van der Waals surface area contributed by atoms with Crippen molar-refractivity contribution in [3.63, 3.8) is 0 Å². The molecular formula is C13H22O4. The Morgan fingerprint density at radius 3 is 2.35 bits per heavy atom. The summed E-state index contributed by atoms with van der Waals surface area (Å²) in [6, 6.07) is 0. The van der Waals surface area contributed by atoms with Crippen LogP contribution < -0.4 is 0 Å². The maximum absolute atomic E-state index is 11.2. The molecule has 4 nitrogen and oxygen atoms in total. The summed E-state index contributed by atoms with van der Waals surface area (Å²) in [6.45, 7) is 10.0. The highest BCUT2D eigenvalue weighted by molar-refractivity contribution is 5.91. The van der Waals surface area contributed by atoms with E-state index in [1.54, 1.807) is 0 Å². The summed E-state index contributed by atoms with van der Waals surface area (Å²) in [5.41, 5.74) is -0.134. The van der Waals surface area contributed by atoms with Gasteiger partial charge in [0, 0.05) is 5.57 Å². The first-order chi connectivity index (χ1) is 7.82. The highest BCUT2D eigenvalue weighted by Gasteiger charge is 2.12. The molecule has 0 aliphatic rings.